The zero-order valence-corrected chi connectivity index (χ0v) is 13.8. The molecule has 0 aliphatic heterocycles. The van der Waals surface area contributed by atoms with Gasteiger partial charge in [0, 0.05) is 17.1 Å². The van der Waals surface area contributed by atoms with Crippen LogP contribution in [0.5, 0.6) is 0 Å². The lowest BCUT2D eigenvalue weighted by Gasteiger charge is -2.15. The zero-order valence-electron chi connectivity index (χ0n) is 12.3. The van der Waals surface area contributed by atoms with Crippen molar-refractivity contribution in [2.24, 2.45) is 0 Å². The van der Waals surface area contributed by atoms with Gasteiger partial charge < -0.3 is 15.7 Å². The molecule has 2 aromatic rings. The Labute approximate surface area is 145 Å². The Morgan fingerprint density at radius 2 is 1.92 bits per heavy atom. The van der Waals surface area contributed by atoms with Gasteiger partial charge in [0.05, 0.1) is 17.3 Å². The summed E-state index contributed by atoms with van der Waals surface area (Å²) in [6, 6.07) is 4.75. The third-order valence-electron chi connectivity index (χ3n) is 2.86. The summed E-state index contributed by atoms with van der Waals surface area (Å²) in [4.78, 5) is 7.38. The van der Waals surface area contributed by atoms with E-state index in [0.717, 1.165) is 6.07 Å². The molecule has 0 spiro atoms. The standard InChI is InChI=1S/C14H13Cl2F3N4O/c1-7(6-24)20-13-22-11(14(17,18)19)5-12(23-13)21-10-3-2-8(15)4-9(10)16/h2-5,7,24H,6H2,1H3,(H2,20,21,22,23)/t7-/m0/s1. The van der Waals surface area contributed by atoms with Gasteiger partial charge in [0.25, 0.3) is 0 Å². The molecule has 24 heavy (non-hydrogen) atoms. The molecule has 3 N–H and O–H groups in total. The second-order valence-corrected chi connectivity index (χ2v) is 5.78. The van der Waals surface area contributed by atoms with Crippen molar-refractivity contribution in [3.05, 3.63) is 40.0 Å². The maximum Gasteiger partial charge on any atom is 0.433 e. The summed E-state index contributed by atoms with van der Waals surface area (Å²) in [5, 5.41) is 14.9. The van der Waals surface area contributed by atoms with Crippen LogP contribution in [0.25, 0.3) is 0 Å². The first-order valence-corrected chi connectivity index (χ1v) is 7.50. The number of benzene rings is 1. The molecule has 0 radical (unpaired) electrons. The number of nitrogens with zero attached hydrogens (tertiary/aromatic N) is 2. The second kappa shape index (κ2) is 7.42. The van der Waals surface area contributed by atoms with E-state index >= 15 is 0 Å². The summed E-state index contributed by atoms with van der Waals surface area (Å²) in [6.07, 6.45) is -4.65. The normalized spacial score (nSPS) is 12.8. The number of hydrogen-bond acceptors (Lipinski definition) is 5. The van der Waals surface area contributed by atoms with Crippen LogP contribution < -0.4 is 10.6 Å². The van der Waals surface area contributed by atoms with E-state index in [1.54, 1.807) is 6.92 Å². The van der Waals surface area contributed by atoms with Crippen molar-refractivity contribution in [3.63, 3.8) is 0 Å². The van der Waals surface area contributed by atoms with E-state index in [-0.39, 0.29) is 23.4 Å². The van der Waals surface area contributed by atoms with Crippen LogP contribution in [0.15, 0.2) is 24.3 Å². The summed E-state index contributed by atoms with van der Waals surface area (Å²) < 4.78 is 39.0. The highest BCUT2D eigenvalue weighted by molar-refractivity contribution is 6.36. The number of aliphatic hydroxyl groups excluding tert-OH is 1. The van der Waals surface area contributed by atoms with Crippen molar-refractivity contribution in [2.45, 2.75) is 19.1 Å². The molecule has 0 aliphatic carbocycles. The molecule has 0 fully saturated rings. The van der Waals surface area contributed by atoms with E-state index in [2.05, 4.69) is 20.6 Å². The average Bonchev–Trinajstić information content (AvgIpc) is 2.49. The molecule has 1 aromatic heterocycles. The van der Waals surface area contributed by atoms with Gasteiger partial charge in [-0.05, 0) is 25.1 Å². The van der Waals surface area contributed by atoms with Crippen molar-refractivity contribution in [1.29, 1.82) is 0 Å². The van der Waals surface area contributed by atoms with Crippen molar-refractivity contribution in [1.82, 2.24) is 9.97 Å². The number of rotatable bonds is 5. The molecule has 5 nitrogen and oxygen atoms in total. The van der Waals surface area contributed by atoms with Crippen molar-refractivity contribution in [2.75, 3.05) is 17.2 Å². The van der Waals surface area contributed by atoms with Crippen molar-refractivity contribution < 1.29 is 18.3 Å². The van der Waals surface area contributed by atoms with Gasteiger partial charge in [0.2, 0.25) is 5.95 Å². The number of anilines is 3. The summed E-state index contributed by atoms with van der Waals surface area (Å²) in [7, 11) is 0. The van der Waals surface area contributed by atoms with Crippen molar-refractivity contribution >= 4 is 40.7 Å². The molecule has 0 aliphatic rings. The summed E-state index contributed by atoms with van der Waals surface area (Å²) in [6.45, 7) is 1.29. The lowest BCUT2D eigenvalue weighted by molar-refractivity contribution is -0.141. The highest BCUT2D eigenvalue weighted by atomic mass is 35.5. The predicted molar refractivity (Wildman–Crippen MR) is 86.9 cm³/mol. The molecule has 0 saturated carbocycles. The summed E-state index contributed by atoms with van der Waals surface area (Å²) in [5.41, 5.74) is -0.785. The molecule has 0 bridgehead atoms. The molecule has 1 atom stereocenters. The lowest BCUT2D eigenvalue weighted by Crippen LogP contribution is -2.22. The summed E-state index contributed by atoms with van der Waals surface area (Å²) >= 11 is 11.8. The first-order chi connectivity index (χ1) is 11.2. The van der Waals surface area contributed by atoms with Crippen LogP contribution in [0.4, 0.5) is 30.6 Å². The highest BCUT2D eigenvalue weighted by Crippen LogP contribution is 2.32. The lowest BCUT2D eigenvalue weighted by atomic mass is 10.3. The van der Waals surface area contributed by atoms with Gasteiger partial charge in [-0.15, -0.1) is 0 Å². The van der Waals surface area contributed by atoms with Crippen LogP contribution in [0, 0.1) is 0 Å². The SMILES string of the molecule is C[C@@H](CO)Nc1nc(Nc2ccc(Cl)cc2Cl)cc(C(F)(F)F)n1. The van der Waals surface area contributed by atoms with Crippen LogP contribution in [0.3, 0.4) is 0 Å². The number of nitrogens with one attached hydrogen (secondary N) is 2. The Balaban J connectivity index is 2.38. The third-order valence-corrected chi connectivity index (χ3v) is 3.41. The van der Waals surface area contributed by atoms with E-state index in [1.165, 1.54) is 18.2 Å². The van der Waals surface area contributed by atoms with Crippen LogP contribution >= 0.6 is 23.2 Å². The topological polar surface area (TPSA) is 70.1 Å². The molecular weight excluding hydrogens is 368 g/mol. The number of aliphatic hydroxyl groups is 1. The van der Waals surface area contributed by atoms with Crippen LogP contribution in [0.1, 0.15) is 12.6 Å². The summed E-state index contributed by atoms with van der Waals surface area (Å²) in [5.74, 6) is -0.367. The third kappa shape index (κ3) is 4.86. The molecule has 2 rings (SSSR count). The van der Waals surface area contributed by atoms with Gasteiger partial charge in [-0.1, -0.05) is 23.2 Å². The van der Waals surface area contributed by atoms with Gasteiger partial charge in [0.1, 0.15) is 5.82 Å². The highest BCUT2D eigenvalue weighted by Gasteiger charge is 2.34. The Kier molecular flexibility index (Phi) is 5.74. The van der Waals surface area contributed by atoms with Gasteiger partial charge in [0.15, 0.2) is 5.69 Å². The van der Waals surface area contributed by atoms with E-state index < -0.39 is 17.9 Å². The van der Waals surface area contributed by atoms with E-state index in [9.17, 15) is 13.2 Å². The molecule has 10 heteroatoms. The molecule has 130 valence electrons. The molecule has 0 amide bonds. The minimum absolute atomic E-state index is 0.103. The number of alkyl halides is 3. The Hall–Kier alpha value is -1.77. The number of hydrogen-bond donors (Lipinski definition) is 3. The minimum Gasteiger partial charge on any atom is -0.394 e. The van der Waals surface area contributed by atoms with E-state index in [4.69, 9.17) is 28.3 Å². The van der Waals surface area contributed by atoms with Gasteiger partial charge >= 0.3 is 6.18 Å². The number of halogens is 5. The monoisotopic (exact) mass is 380 g/mol. The Morgan fingerprint density at radius 1 is 1.21 bits per heavy atom. The largest absolute Gasteiger partial charge is 0.433 e. The zero-order chi connectivity index (χ0) is 17.9. The Morgan fingerprint density at radius 3 is 2.50 bits per heavy atom. The maximum absolute atomic E-state index is 13.0. The molecular formula is C14H13Cl2F3N4O. The van der Waals surface area contributed by atoms with E-state index in [1.807, 2.05) is 0 Å². The van der Waals surface area contributed by atoms with Crippen molar-refractivity contribution in [3.8, 4) is 0 Å². The smallest absolute Gasteiger partial charge is 0.394 e. The fourth-order valence-electron chi connectivity index (χ4n) is 1.72. The minimum atomic E-state index is -4.65. The van der Waals surface area contributed by atoms with Gasteiger partial charge in [-0.2, -0.15) is 18.2 Å². The molecule has 1 aromatic carbocycles. The second-order valence-electron chi connectivity index (χ2n) is 4.94. The number of aromatic nitrogens is 2. The predicted octanol–water partition coefficient (Wildman–Crippen LogP) is 4.34. The first-order valence-electron chi connectivity index (χ1n) is 6.75. The maximum atomic E-state index is 13.0. The van der Waals surface area contributed by atoms with Crippen LogP contribution in [-0.4, -0.2) is 27.7 Å². The van der Waals surface area contributed by atoms with E-state index in [0.29, 0.717) is 10.7 Å². The fourth-order valence-corrected chi connectivity index (χ4v) is 2.17. The van der Waals surface area contributed by atoms with Gasteiger partial charge in [-0.3, -0.25) is 0 Å². The average molecular weight is 381 g/mol. The molecule has 1 heterocycles. The van der Waals surface area contributed by atoms with Crippen LogP contribution in [0.2, 0.25) is 10.0 Å². The first kappa shape index (κ1) is 18.6. The van der Waals surface area contributed by atoms with Crippen LogP contribution in [-0.2, 0) is 6.18 Å². The van der Waals surface area contributed by atoms with Gasteiger partial charge in [-0.25, -0.2) is 4.98 Å². The Bertz CT molecular complexity index is 728. The molecule has 0 saturated heterocycles. The molecule has 0 unspecified atom stereocenters. The quantitative estimate of drug-likeness (QED) is 0.719. The fraction of sp³-hybridized carbons (Fsp3) is 0.286.